The Labute approximate surface area is 329 Å². The summed E-state index contributed by atoms with van der Waals surface area (Å²) >= 11 is 0. The zero-order valence-electron chi connectivity index (χ0n) is 33.0. The van der Waals surface area contributed by atoms with Crippen molar-refractivity contribution in [3.05, 3.63) is 42.6 Å². The minimum absolute atomic E-state index is 0.174. The minimum Gasteiger partial charge on any atom is -0.506 e. The number of ether oxygens (including phenoxy) is 2. The molecule has 0 unspecified atom stereocenters. The van der Waals surface area contributed by atoms with Crippen molar-refractivity contribution in [2.24, 2.45) is 17.3 Å². The van der Waals surface area contributed by atoms with E-state index in [1.807, 2.05) is 39.0 Å². The molecule has 15 heteroatoms. The molecule has 6 atom stereocenters. The van der Waals surface area contributed by atoms with Crippen LogP contribution in [0.5, 0.6) is 11.5 Å². The van der Waals surface area contributed by atoms with E-state index < -0.39 is 68.0 Å². The molecule has 1 saturated heterocycles. The highest BCUT2D eigenvalue weighted by molar-refractivity contribution is 7.91. The number of sulfonamides is 1. The molecule has 4 N–H and O–H groups in total. The van der Waals surface area contributed by atoms with Crippen LogP contribution in [-0.2, 0) is 35.6 Å². The van der Waals surface area contributed by atoms with E-state index in [1.54, 1.807) is 13.2 Å². The Morgan fingerprint density at radius 3 is 2.52 bits per heavy atom. The number of hydrogen-bond acceptors (Lipinski definition) is 10. The van der Waals surface area contributed by atoms with Gasteiger partial charge in [0.1, 0.15) is 35.2 Å². The summed E-state index contributed by atoms with van der Waals surface area (Å²) in [6, 6.07) is 5.42. The fraction of sp³-hybridized carbons (Fsp3) is 0.634. The van der Waals surface area contributed by atoms with E-state index in [4.69, 9.17) is 9.47 Å². The number of pyridine rings is 1. The summed E-state index contributed by atoms with van der Waals surface area (Å²) in [5.74, 6) is -1.13. The Morgan fingerprint density at radius 2 is 1.84 bits per heavy atom. The number of carbonyl (C=O) groups excluding carboxylic acids is 4. The molecule has 0 bridgehead atoms. The number of alkyl carbamates (subject to hydrolysis) is 1. The Bertz CT molecular complexity index is 1940. The SMILES string of the molecule is C=C[C@@H]1C[C@]1(NC(=O)[C@@H]1CCCN1C(=O)[C@@H](NC(=O)O[C@@H]1CCC[C@H]1CCCCCc1nc2ccc(OC)cc2cc1O)C(C)(C)C)C(=O)NS(=O)(=O)C1CC1. The van der Waals surface area contributed by atoms with Crippen molar-refractivity contribution in [1.29, 1.82) is 0 Å². The maximum atomic E-state index is 14.1. The number of hydrogen-bond donors (Lipinski definition) is 4. The molecule has 3 aliphatic carbocycles. The van der Waals surface area contributed by atoms with Crippen LogP contribution in [0, 0.1) is 17.3 Å². The monoisotopic (exact) mass is 795 g/mol. The lowest BCUT2D eigenvalue weighted by Gasteiger charge is -2.36. The number of nitrogens with zero attached hydrogens (tertiary/aromatic N) is 2. The van der Waals surface area contributed by atoms with Crippen molar-refractivity contribution < 1.29 is 42.2 Å². The van der Waals surface area contributed by atoms with E-state index in [0.717, 1.165) is 55.8 Å². The highest BCUT2D eigenvalue weighted by atomic mass is 32.2. The molecule has 14 nitrogen and oxygen atoms in total. The molecule has 0 radical (unpaired) electrons. The van der Waals surface area contributed by atoms with Gasteiger partial charge in [-0.15, -0.1) is 6.58 Å². The van der Waals surface area contributed by atoms with Crippen LogP contribution in [0.15, 0.2) is 36.9 Å². The molecule has 4 aliphatic rings. The summed E-state index contributed by atoms with van der Waals surface area (Å²) in [6.45, 7) is 9.54. The van der Waals surface area contributed by atoms with Crippen molar-refractivity contribution in [2.75, 3.05) is 13.7 Å². The van der Waals surface area contributed by atoms with Gasteiger partial charge in [-0.2, -0.15) is 0 Å². The van der Waals surface area contributed by atoms with Crippen LogP contribution >= 0.6 is 0 Å². The number of nitrogens with one attached hydrogen (secondary N) is 3. The number of amides is 4. The molecule has 6 rings (SSSR count). The van der Waals surface area contributed by atoms with Crippen molar-refractivity contribution >= 4 is 44.7 Å². The Kier molecular flexibility index (Phi) is 12.2. The molecule has 1 aliphatic heterocycles. The third-order valence-corrected chi connectivity index (χ3v) is 13.7. The van der Waals surface area contributed by atoms with Crippen molar-refractivity contribution in [3.8, 4) is 11.5 Å². The second kappa shape index (κ2) is 16.6. The fourth-order valence-electron chi connectivity index (χ4n) is 8.28. The average molecular weight is 796 g/mol. The molecular formula is C41H57N5O9S. The van der Waals surface area contributed by atoms with E-state index in [-0.39, 0.29) is 30.7 Å². The Balaban J connectivity index is 1.00. The number of likely N-dealkylation sites (tertiary alicyclic amines) is 1. The average Bonchev–Trinajstić information content (AvgIpc) is 4.03. The van der Waals surface area contributed by atoms with Crippen molar-refractivity contribution in [2.45, 2.75) is 133 Å². The number of unbranched alkanes of at least 4 members (excludes halogenated alkanes) is 2. The number of benzene rings is 1. The molecular weight excluding hydrogens is 739 g/mol. The number of carbonyl (C=O) groups is 4. The first-order chi connectivity index (χ1) is 26.6. The van der Waals surface area contributed by atoms with Crippen LogP contribution in [0.1, 0.15) is 104 Å². The quantitative estimate of drug-likeness (QED) is 0.132. The fourth-order valence-corrected chi connectivity index (χ4v) is 9.65. The first-order valence-electron chi connectivity index (χ1n) is 20.0. The molecule has 1 aromatic heterocycles. The number of fused-ring (bicyclic) bond motifs is 1. The predicted molar refractivity (Wildman–Crippen MR) is 210 cm³/mol. The smallest absolute Gasteiger partial charge is 0.408 e. The van der Waals surface area contributed by atoms with Gasteiger partial charge >= 0.3 is 6.09 Å². The Hall–Kier alpha value is -4.40. The van der Waals surface area contributed by atoms with Crippen LogP contribution in [0.25, 0.3) is 10.9 Å². The van der Waals surface area contributed by atoms with Crippen LogP contribution in [-0.4, -0.2) is 89.9 Å². The molecule has 306 valence electrons. The van der Waals surface area contributed by atoms with Crippen LogP contribution < -0.4 is 20.1 Å². The number of aryl methyl sites for hydroxylation is 1. The van der Waals surface area contributed by atoms with E-state index >= 15 is 0 Å². The maximum absolute atomic E-state index is 14.1. The van der Waals surface area contributed by atoms with Gasteiger partial charge in [-0.1, -0.05) is 39.7 Å². The molecule has 2 heterocycles. The largest absolute Gasteiger partial charge is 0.506 e. The van der Waals surface area contributed by atoms with E-state index in [9.17, 15) is 32.7 Å². The summed E-state index contributed by atoms with van der Waals surface area (Å²) in [4.78, 5) is 60.6. The van der Waals surface area contributed by atoms with Gasteiger partial charge in [0, 0.05) is 17.8 Å². The van der Waals surface area contributed by atoms with Gasteiger partial charge in [-0.25, -0.2) is 18.2 Å². The third kappa shape index (κ3) is 9.24. The number of aromatic nitrogens is 1. The molecule has 0 spiro atoms. The van der Waals surface area contributed by atoms with E-state index in [2.05, 4.69) is 26.9 Å². The molecule has 4 amide bonds. The zero-order chi connectivity index (χ0) is 40.4. The van der Waals surface area contributed by atoms with Gasteiger partial charge in [0.25, 0.3) is 5.91 Å². The van der Waals surface area contributed by atoms with E-state index in [1.165, 1.54) is 11.0 Å². The van der Waals surface area contributed by atoms with Gasteiger partial charge in [-0.3, -0.25) is 19.1 Å². The lowest BCUT2D eigenvalue weighted by molar-refractivity contribution is -0.142. The van der Waals surface area contributed by atoms with Crippen LogP contribution in [0.3, 0.4) is 0 Å². The second-order valence-corrected chi connectivity index (χ2v) is 19.0. The highest BCUT2D eigenvalue weighted by Crippen LogP contribution is 2.45. The maximum Gasteiger partial charge on any atom is 0.408 e. The van der Waals surface area contributed by atoms with Crippen LogP contribution in [0.2, 0.25) is 0 Å². The van der Waals surface area contributed by atoms with Gasteiger partial charge in [-0.05, 0) is 106 Å². The predicted octanol–water partition coefficient (Wildman–Crippen LogP) is 5.02. The third-order valence-electron chi connectivity index (χ3n) is 11.9. The standard InChI is InChI=1S/C41H57N5O9S/c1-6-27-24-41(27,38(50)45-56(52,53)29-18-19-29)44-36(48)32-15-11-21-46(32)37(49)35(40(2,3)4)43-39(51)55-34-16-10-13-25(34)12-8-7-9-14-31-33(47)23-26-22-28(54-5)17-20-30(26)42-31/h6,17,20,22-23,25,27,29,32,34-35,47H,1,7-16,18-19,21,24H2,2-5H3,(H,43,51)(H,44,48)(H,45,50)/t25-,27-,32+,34-,35-,41-/m1/s1. The molecule has 4 fully saturated rings. The highest BCUT2D eigenvalue weighted by Gasteiger charge is 2.61. The summed E-state index contributed by atoms with van der Waals surface area (Å²) in [5, 5.41) is 16.4. The topological polar surface area (TPSA) is 193 Å². The second-order valence-electron chi connectivity index (χ2n) is 17.1. The molecule has 1 aromatic carbocycles. The lowest BCUT2D eigenvalue weighted by atomic mass is 9.85. The Morgan fingerprint density at radius 1 is 1.07 bits per heavy atom. The first kappa shape index (κ1) is 41.2. The summed E-state index contributed by atoms with van der Waals surface area (Å²) in [7, 11) is -2.23. The van der Waals surface area contributed by atoms with Gasteiger partial charge in [0.05, 0.1) is 23.6 Å². The van der Waals surface area contributed by atoms with Crippen LogP contribution in [0.4, 0.5) is 4.79 Å². The summed E-state index contributed by atoms with van der Waals surface area (Å²) in [5.41, 5.74) is -0.700. The first-order valence-corrected chi connectivity index (χ1v) is 21.6. The van der Waals surface area contributed by atoms with Crippen molar-refractivity contribution in [3.63, 3.8) is 0 Å². The van der Waals surface area contributed by atoms with Gasteiger partial charge in [0.15, 0.2) is 0 Å². The van der Waals surface area contributed by atoms with Gasteiger partial charge in [0.2, 0.25) is 21.8 Å². The normalized spacial score (nSPS) is 25.3. The van der Waals surface area contributed by atoms with Gasteiger partial charge < -0.3 is 30.1 Å². The number of methoxy groups -OCH3 is 1. The molecule has 3 saturated carbocycles. The number of rotatable bonds is 16. The molecule has 56 heavy (non-hydrogen) atoms. The summed E-state index contributed by atoms with van der Waals surface area (Å²) in [6.07, 6.45) is 9.54. The van der Waals surface area contributed by atoms with E-state index in [0.29, 0.717) is 43.5 Å². The van der Waals surface area contributed by atoms with Crippen molar-refractivity contribution in [1.82, 2.24) is 25.2 Å². The number of aromatic hydroxyl groups is 1. The minimum atomic E-state index is -3.83. The lowest BCUT2D eigenvalue weighted by Crippen LogP contribution is -2.60. The zero-order valence-corrected chi connectivity index (χ0v) is 33.8. The summed E-state index contributed by atoms with van der Waals surface area (Å²) < 4.78 is 38.5. The molecule has 2 aromatic rings.